The Balaban J connectivity index is 1.80. The van der Waals surface area contributed by atoms with E-state index in [0.717, 1.165) is 12.8 Å². The lowest BCUT2D eigenvalue weighted by Crippen LogP contribution is -2.51. The zero-order chi connectivity index (χ0) is 11.3. The fourth-order valence-electron chi connectivity index (χ4n) is 2.61. The van der Waals surface area contributed by atoms with Gasteiger partial charge in [-0.25, -0.2) is 0 Å². The minimum Gasteiger partial charge on any atom is -0.460 e. The van der Waals surface area contributed by atoms with Gasteiger partial charge in [0.25, 0.3) is 0 Å². The number of ketones is 1. The molecule has 0 heterocycles. The molecule has 84 valence electrons. The zero-order valence-corrected chi connectivity index (χ0v) is 9.63. The van der Waals surface area contributed by atoms with E-state index in [2.05, 4.69) is 0 Å². The smallest absolute Gasteiger partial charge is 0.309 e. The second-order valence-corrected chi connectivity index (χ2v) is 6.03. The molecule has 0 radical (unpaired) electrons. The number of ether oxygens (including phenoxy) is 1. The van der Waals surface area contributed by atoms with Crippen molar-refractivity contribution >= 4 is 11.8 Å². The van der Waals surface area contributed by atoms with Crippen molar-refractivity contribution in [2.75, 3.05) is 0 Å². The van der Waals surface area contributed by atoms with E-state index in [-0.39, 0.29) is 17.3 Å². The Morgan fingerprint density at radius 1 is 1.33 bits per heavy atom. The van der Waals surface area contributed by atoms with Gasteiger partial charge in [-0.3, -0.25) is 9.59 Å². The fourth-order valence-corrected chi connectivity index (χ4v) is 2.61. The van der Waals surface area contributed by atoms with E-state index in [0.29, 0.717) is 18.6 Å². The molecule has 2 saturated carbocycles. The van der Waals surface area contributed by atoms with Crippen molar-refractivity contribution in [1.82, 2.24) is 0 Å². The third-order valence-corrected chi connectivity index (χ3v) is 3.24. The molecule has 0 aromatic carbocycles. The third kappa shape index (κ3) is 2.06. The van der Waals surface area contributed by atoms with E-state index in [9.17, 15) is 9.59 Å². The molecule has 3 heteroatoms. The molecule has 0 aromatic heterocycles. The second kappa shape index (κ2) is 3.06. The number of carbonyl (C=O) groups excluding carboxylic acids is 2. The number of carbonyl (C=O) groups is 2. The van der Waals surface area contributed by atoms with Crippen LogP contribution in [0.4, 0.5) is 0 Å². The molecule has 0 aromatic rings. The minimum absolute atomic E-state index is 0.0392. The van der Waals surface area contributed by atoms with Gasteiger partial charge in [0.05, 0.1) is 5.92 Å². The van der Waals surface area contributed by atoms with Crippen LogP contribution in [0.15, 0.2) is 0 Å². The van der Waals surface area contributed by atoms with Gasteiger partial charge in [-0.05, 0) is 39.0 Å². The summed E-state index contributed by atoms with van der Waals surface area (Å²) in [5, 5.41) is 0. The zero-order valence-electron chi connectivity index (χ0n) is 9.63. The second-order valence-electron chi connectivity index (χ2n) is 6.03. The maximum absolute atomic E-state index is 11.6. The predicted octanol–water partition coefficient (Wildman–Crippen LogP) is 2.09. The lowest BCUT2D eigenvalue weighted by atomic mass is 9.51. The number of esters is 1. The van der Waals surface area contributed by atoms with Crippen molar-refractivity contribution in [3.8, 4) is 0 Å². The SMILES string of the molecule is CC(C)(C)OC(=O)C1CC2(CC(=O)C2)C1. The van der Waals surface area contributed by atoms with Crippen LogP contribution in [-0.2, 0) is 14.3 Å². The van der Waals surface area contributed by atoms with Gasteiger partial charge in [0.1, 0.15) is 11.4 Å². The maximum atomic E-state index is 11.6. The molecule has 0 N–H and O–H groups in total. The monoisotopic (exact) mass is 210 g/mol. The molecule has 0 aliphatic heterocycles. The molecule has 15 heavy (non-hydrogen) atoms. The molecule has 2 aliphatic rings. The van der Waals surface area contributed by atoms with Crippen LogP contribution in [0.2, 0.25) is 0 Å². The van der Waals surface area contributed by atoms with Crippen LogP contribution in [0.5, 0.6) is 0 Å². The van der Waals surface area contributed by atoms with E-state index >= 15 is 0 Å². The molecule has 2 fully saturated rings. The lowest BCUT2D eigenvalue weighted by molar-refractivity contribution is -0.174. The summed E-state index contributed by atoms with van der Waals surface area (Å²) < 4.78 is 5.31. The van der Waals surface area contributed by atoms with Crippen molar-refractivity contribution in [2.45, 2.75) is 52.1 Å². The highest BCUT2D eigenvalue weighted by molar-refractivity contribution is 5.87. The highest BCUT2D eigenvalue weighted by Crippen LogP contribution is 2.57. The molecule has 0 amide bonds. The van der Waals surface area contributed by atoms with E-state index in [1.165, 1.54) is 0 Å². The lowest BCUT2D eigenvalue weighted by Gasteiger charge is -2.52. The van der Waals surface area contributed by atoms with Crippen molar-refractivity contribution in [3.05, 3.63) is 0 Å². The van der Waals surface area contributed by atoms with E-state index < -0.39 is 5.60 Å². The largest absolute Gasteiger partial charge is 0.460 e. The summed E-state index contributed by atoms with van der Waals surface area (Å²) in [7, 11) is 0. The predicted molar refractivity (Wildman–Crippen MR) is 55.2 cm³/mol. The molecule has 1 spiro atoms. The van der Waals surface area contributed by atoms with E-state index in [4.69, 9.17) is 4.74 Å². The standard InChI is InChI=1S/C12H18O3/c1-11(2,3)15-10(14)8-4-12(5-8)6-9(13)7-12/h8H,4-7H2,1-3H3. The summed E-state index contributed by atoms with van der Waals surface area (Å²) in [4.78, 5) is 22.5. The number of Topliss-reactive ketones (excluding diaryl/α,β-unsaturated/α-hetero) is 1. The Morgan fingerprint density at radius 3 is 2.27 bits per heavy atom. The van der Waals surface area contributed by atoms with Gasteiger partial charge in [-0.15, -0.1) is 0 Å². The van der Waals surface area contributed by atoms with Crippen LogP contribution in [0.25, 0.3) is 0 Å². The first kappa shape index (κ1) is 10.7. The van der Waals surface area contributed by atoms with Gasteiger partial charge in [0, 0.05) is 12.8 Å². The van der Waals surface area contributed by atoms with Gasteiger partial charge in [-0.1, -0.05) is 0 Å². The Kier molecular flexibility index (Phi) is 2.18. The first-order chi connectivity index (χ1) is 6.80. The molecule has 0 bridgehead atoms. The number of hydrogen-bond donors (Lipinski definition) is 0. The van der Waals surface area contributed by atoms with Crippen molar-refractivity contribution in [2.24, 2.45) is 11.3 Å². The molecular formula is C12H18O3. The highest BCUT2D eigenvalue weighted by Gasteiger charge is 2.55. The number of rotatable bonds is 1. The maximum Gasteiger partial charge on any atom is 0.309 e. The van der Waals surface area contributed by atoms with Gasteiger partial charge < -0.3 is 4.74 Å². The van der Waals surface area contributed by atoms with Gasteiger partial charge in [0.15, 0.2) is 0 Å². The molecule has 2 aliphatic carbocycles. The van der Waals surface area contributed by atoms with Crippen LogP contribution in [-0.4, -0.2) is 17.4 Å². The summed E-state index contributed by atoms with van der Waals surface area (Å²) in [6.07, 6.45) is 3.08. The van der Waals surface area contributed by atoms with Gasteiger partial charge >= 0.3 is 5.97 Å². The average Bonchev–Trinajstić information content (AvgIpc) is 1.89. The van der Waals surface area contributed by atoms with Crippen LogP contribution in [0, 0.1) is 11.3 Å². The van der Waals surface area contributed by atoms with Crippen molar-refractivity contribution in [1.29, 1.82) is 0 Å². The normalized spacial score (nSPS) is 24.6. The van der Waals surface area contributed by atoms with Gasteiger partial charge in [-0.2, -0.15) is 0 Å². The third-order valence-electron chi connectivity index (χ3n) is 3.24. The molecule has 2 rings (SSSR count). The van der Waals surface area contributed by atoms with E-state index in [1.807, 2.05) is 20.8 Å². The molecule has 3 nitrogen and oxygen atoms in total. The Morgan fingerprint density at radius 2 is 1.87 bits per heavy atom. The number of hydrogen-bond acceptors (Lipinski definition) is 3. The quantitative estimate of drug-likeness (QED) is 0.622. The average molecular weight is 210 g/mol. The topological polar surface area (TPSA) is 43.4 Å². The molecule has 0 atom stereocenters. The van der Waals surface area contributed by atoms with Crippen molar-refractivity contribution < 1.29 is 14.3 Å². The summed E-state index contributed by atoms with van der Waals surface area (Å²) >= 11 is 0. The van der Waals surface area contributed by atoms with Crippen molar-refractivity contribution in [3.63, 3.8) is 0 Å². The highest BCUT2D eigenvalue weighted by atomic mass is 16.6. The Labute approximate surface area is 90.2 Å². The fraction of sp³-hybridized carbons (Fsp3) is 0.833. The first-order valence-electron chi connectivity index (χ1n) is 5.54. The van der Waals surface area contributed by atoms with Crippen LogP contribution in [0.1, 0.15) is 46.5 Å². The summed E-state index contributed by atoms with van der Waals surface area (Å²) in [6.45, 7) is 5.64. The summed E-state index contributed by atoms with van der Waals surface area (Å²) in [6, 6.07) is 0. The van der Waals surface area contributed by atoms with Crippen LogP contribution >= 0.6 is 0 Å². The van der Waals surface area contributed by atoms with Crippen LogP contribution in [0.3, 0.4) is 0 Å². The molecule has 0 saturated heterocycles. The summed E-state index contributed by atoms with van der Waals surface area (Å²) in [5.74, 6) is 0.294. The first-order valence-corrected chi connectivity index (χ1v) is 5.54. The molecule has 0 unspecified atom stereocenters. The molecular weight excluding hydrogens is 192 g/mol. The minimum atomic E-state index is -0.394. The van der Waals surface area contributed by atoms with E-state index in [1.54, 1.807) is 0 Å². The van der Waals surface area contributed by atoms with Crippen LogP contribution < -0.4 is 0 Å². The Bertz CT molecular complexity index is 295. The van der Waals surface area contributed by atoms with Gasteiger partial charge in [0.2, 0.25) is 0 Å². The Hall–Kier alpha value is -0.860. The summed E-state index contributed by atoms with van der Waals surface area (Å²) in [5.41, 5.74) is -0.200.